The van der Waals surface area contributed by atoms with E-state index in [1.807, 2.05) is 19.1 Å². The number of halogens is 3. The number of aromatic nitrogens is 1. The number of aryl methyl sites for hydroxylation is 1. The maximum atomic E-state index is 14.0. The van der Waals surface area contributed by atoms with Gasteiger partial charge in [-0.05, 0) is 49.2 Å². The van der Waals surface area contributed by atoms with E-state index in [0.717, 1.165) is 53.0 Å². The summed E-state index contributed by atoms with van der Waals surface area (Å²) in [6, 6.07) is 13.4. The van der Waals surface area contributed by atoms with E-state index in [9.17, 15) is 17.2 Å². The van der Waals surface area contributed by atoms with Gasteiger partial charge in [0.15, 0.2) is 0 Å². The maximum Gasteiger partial charge on any atom is 0.268 e. The summed E-state index contributed by atoms with van der Waals surface area (Å²) < 4.78 is 56.7. The minimum atomic E-state index is -4.20. The normalized spacial score (nSPS) is 15.6. The summed E-state index contributed by atoms with van der Waals surface area (Å²) in [6.07, 6.45) is -1.82. The standard InChI is InChI=1S/C25H24ClF2N3O2S/c1-16-18-5-3-4-6-19(18)24(14-23(16)30-11-9-29(2)10-12-30)34(32,33)31-15-21(25(27)28)20-13-17(26)7-8-22(20)31/h3-8,13-15,25H,9-12H2,1-2H3. The molecule has 3 aromatic carbocycles. The predicted molar refractivity (Wildman–Crippen MR) is 133 cm³/mol. The summed E-state index contributed by atoms with van der Waals surface area (Å²) >= 11 is 6.04. The average Bonchev–Trinajstić information content (AvgIpc) is 3.20. The highest BCUT2D eigenvalue weighted by Gasteiger charge is 2.28. The third kappa shape index (κ3) is 3.74. The van der Waals surface area contributed by atoms with Crippen molar-refractivity contribution in [3.8, 4) is 0 Å². The van der Waals surface area contributed by atoms with Crippen LogP contribution in [0, 0.1) is 6.92 Å². The minimum absolute atomic E-state index is 0.0929. The quantitative estimate of drug-likeness (QED) is 0.359. The predicted octanol–water partition coefficient (Wildman–Crippen LogP) is 5.68. The molecule has 0 radical (unpaired) electrons. The van der Waals surface area contributed by atoms with Crippen molar-refractivity contribution < 1.29 is 17.2 Å². The van der Waals surface area contributed by atoms with Gasteiger partial charge in [0, 0.05) is 59.4 Å². The van der Waals surface area contributed by atoms with Crippen LogP contribution in [0.25, 0.3) is 21.7 Å². The van der Waals surface area contributed by atoms with Crippen LogP contribution in [-0.2, 0) is 10.0 Å². The molecule has 0 saturated carbocycles. The van der Waals surface area contributed by atoms with Gasteiger partial charge >= 0.3 is 0 Å². The van der Waals surface area contributed by atoms with E-state index in [0.29, 0.717) is 5.39 Å². The van der Waals surface area contributed by atoms with Gasteiger partial charge in [-0.25, -0.2) is 21.2 Å². The van der Waals surface area contributed by atoms with Crippen molar-refractivity contribution in [2.75, 3.05) is 38.1 Å². The Hall–Kier alpha value is -2.68. The largest absolute Gasteiger partial charge is 0.369 e. The Morgan fingerprint density at radius 1 is 0.941 bits per heavy atom. The fourth-order valence-electron chi connectivity index (χ4n) is 4.74. The molecule has 1 aromatic heterocycles. The van der Waals surface area contributed by atoms with Crippen LogP contribution in [0.3, 0.4) is 0 Å². The van der Waals surface area contributed by atoms with Gasteiger partial charge in [-0.1, -0.05) is 35.9 Å². The zero-order valence-electron chi connectivity index (χ0n) is 18.8. The Labute approximate surface area is 202 Å². The van der Waals surface area contributed by atoms with E-state index in [1.54, 1.807) is 18.2 Å². The van der Waals surface area contributed by atoms with Crippen molar-refractivity contribution in [3.05, 3.63) is 70.9 Å². The first kappa shape index (κ1) is 23.1. The van der Waals surface area contributed by atoms with Crippen LogP contribution in [0.2, 0.25) is 5.02 Å². The highest BCUT2D eigenvalue weighted by atomic mass is 35.5. The molecule has 0 spiro atoms. The molecule has 1 aliphatic heterocycles. The molecule has 178 valence electrons. The second-order valence-corrected chi connectivity index (χ2v) is 10.9. The topological polar surface area (TPSA) is 45.6 Å². The van der Waals surface area contributed by atoms with Crippen LogP contribution in [0.4, 0.5) is 14.5 Å². The first-order chi connectivity index (χ1) is 16.2. The third-order valence-electron chi connectivity index (χ3n) is 6.63. The number of likely N-dealkylation sites (N-methyl/N-ethyl adjacent to an activating group) is 1. The van der Waals surface area contributed by atoms with E-state index < -0.39 is 16.4 Å². The SMILES string of the molecule is Cc1c(N2CCN(C)CC2)cc(S(=O)(=O)n2cc(C(F)F)c3cc(Cl)ccc32)c2ccccc12. The van der Waals surface area contributed by atoms with Gasteiger partial charge < -0.3 is 9.80 Å². The van der Waals surface area contributed by atoms with E-state index in [-0.39, 0.29) is 26.4 Å². The van der Waals surface area contributed by atoms with Gasteiger partial charge in [-0.3, -0.25) is 0 Å². The van der Waals surface area contributed by atoms with Crippen LogP contribution in [0.1, 0.15) is 17.6 Å². The fourth-order valence-corrected chi connectivity index (χ4v) is 6.51. The Morgan fingerprint density at radius 3 is 2.29 bits per heavy atom. The maximum absolute atomic E-state index is 14.0. The number of anilines is 1. The lowest BCUT2D eigenvalue weighted by molar-refractivity contribution is 0.153. The fraction of sp³-hybridized carbons (Fsp3) is 0.280. The summed E-state index contributed by atoms with van der Waals surface area (Å²) in [4.78, 5) is 4.52. The van der Waals surface area contributed by atoms with Crippen LogP contribution < -0.4 is 4.90 Å². The molecule has 9 heteroatoms. The molecule has 1 saturated heterocycles. The lowest BCUT2D eigenvalue weighted by Gasteiger charge is -2.35. The summed E-state index contributed by atoms with van der Waals surface area (Å²) in [5.74, 6) is 0. The van der Waals surface area contributed by atoms with Crippen molar-refractivity contribution in [2.24, 2.45) is 0 Å². The zero-order chi connectivity index (χ0) is 24.2. The number of hydrogen-bond donors (Lipinski definition) is 0. The van der Waals surface area contributed by atoms with E-state index >= 15 is 0 Å². The number of benzene rings is 3. The van der Waals surface area contributed by atoms with Gasteiger partial charge in [0.2, 0.25) is 0 Å². The molecule has 2 heterocycles. The molecule has 5 nitrogen and oxygen atoms in total. The number of fused-ring (bicyclic) bond motifs is 2. The Bertz CT molecular complexity index is 1510. The smallest absolute Gasteiger partial charge is 0.268 e. The highest BCUT2D eigenvalue weighted by molar-refractivity contribution is 7.90. The molecule has 4 aromatic rings. The molecule has 0 unspecified atom stereocenters. The van der Waals surface area contributed by atoms with Gasteiger partial charge in [0.1, 0.15) is 0 Å². The minimum Gasteiger partial charge on any atom is -0.369 e. The first-order valence-corrected chi connectivity index (χ1v) is 12.8. The van der Waals surface area contributed by atoms with Crippen LogP contribution in [-0.4, -0.2) is 50.5 Å². The van der Waals surface area contributed by atoms with Crippen LogP contribution in [0.15, 0.2) is 59.6 Å². The second kappa shape index (κ2) is 8.52. The number of rotatable bonds is 4. The molecule has 1 aliphatic rings. The monoisotopic (exact) mass is 503 g/mol. The number of piperazine rings is 1. The summed E-state index contributed by atoms with van der Waals surface area (Å²) in [6.45, 7) is 5.28. The van der Waals surface area contributed by atoms with Crippen molar-refractivity contribution >= 4 is 49.0 Å². The zero-order valence-corrected chi connectivity index (χ0v) is 20.4. The van der Waals surface area contributed by atoms with Crippen molar-refractivity contribution in [2.45, 2.75) is 18.2 Å². The molecular weight excluding hydrogens is 480 g/mol. The molecule has 0 N–H and O–H groups in total. The van der Waals surface area contributed by atoms with E-state index in [2.05, 4.69) is 16.8 Å². The average molecular weight is 504 g/mol. The van der Waals surface area contributed by atoms with Gasteiger partial charge in [0.25, 0.3) is 16.4 Å². The number of alkyl halides is 2. The molecule has 1 fully saturated rings. The first-order valence-electron chi connectivity index (χ1n) is 11.0. The molecule has 0 aliphatic carbocycles. The number of nitrogens with zero attached hydrogens (tertiary/aromatic N) is 3. The summed E-state index contributed by atoms with van der Waals surface area (Å²) in [7, 11) is -2.14. The summed E-state index contributed by atoms with van der Waals surface area (Å²) in [5.41, 5.74) is 1.65. The molecule has 0 atom stereocenters. The number of hydrogen-bond acceptors (Lipinski definition) is 4. The molecule has 0 bridgehead atoms. The van der Waals surface area contributed by atoms with Crippen molar-refractivity contribution in [3.63, 3.8) is 0 Å². The van der Waals surface area contributed by atoms with Crippen LogP contribution >= 0.6 is 11.6 Å². The van der Waals surface area contributed by atoms with Gasteiger partial charge in [-0.2, -0.15) is 0 Å². The lowest BCUT2D eigenvalue weighted by Crippen LogP contribution is -2.44. The lowest BCUT2D eigenvalue weighted by atomic mass is 10.0. The molecule has 34 heavy (non-hydrogen) atoms. The van der Waals surface area contributed by atoms with E-state index in [1.165, 1.54) is 18.2 Å². The second-order valence-electron chi connectivity index (χ2n) is 8.70. The molecular formula is C25H24ClF2N3O2S. The van der Waals surface area contributed by atoms with Gasteiger partial charge in [0.05, 0.1) is 10.4 Å². The Kier molecular flexibility index (Phi) is 5.78. The Balaban J connectivity index is 1.77. The highest BCUT2D eigenvalue weighted by Crippen LogP contribution is 2.38. The van der Waals surface area contributed by atoms with Gasteiger partial charge in [-0.15, -0.1) is 0 Å². The van der Waals surface area contributed by atoms with Crippen molar-refractivity contribution in [1.82, 2.24) is 8.87 Å². The molecule has 5 rings (SSSR count). The molecule has 0 amide bonds. The Morgan fingerprint density at radius 2 is 1.62 bits per heavy atom. The van der Waals surface area contributed by atoms with Crippen molar-refractivity contribution in [1.29, 1.82) is 0 Å². The third-order valence-corrected chi connectivity index (χ3v) is 8.58. The van der Waals surface area contributed by atoms with Crippen LogP contribution in [0.5, 0.6) is 0 Å². The van der Waals surface area contributed by atoms with E-state index in [4.69, 9.17) is 11.6 Å². The summed E-state index contributed by atoms with van der Waals surface area (Å²) in [5, 5.41) is 1.78.